The first-order valence-corrected chi connectivity index (χ1v) is 6.89. The van der Waals surface area contributed by atoms with Crippen LogP contribution >= 0.6 is 23.4 Å². The second-order valence-electron chi connectivity index (χ2n) is 3.66. The Balaban J connectivity index is 2.25. The summed E-state index contributed by atoms with van der Waals surface area (Å²) >= 11 is 7.37. The topological polar surface area (TPSA) is 58.1 Å². The molecule has 0 saturated carbocycles. The van der Waals surface area contributed by atoms with Gasteiger partial charge in [-0.25, -0.2) is 9.97 Å². The van der Waals surface area contributed by atoms with Crippen LogP contribution in [0, 0.1) is 0 Å². The SMILES string of the molecule is CSc1nc(Cl)cc(N2CCCNC(=O)C2)n1. The van der Waals surface area contributed by atoms with Crippen molar-refractivity contribution in [1.29, 1.82) is 0 Å². The van der Waals surface area contributed by atoms with Crippen LogP contribution in [-0.4, -0.2) is 41.8 Å². The van der Waals surface area contributed by atoms with Gasteiger partial charge in [0.2, 0.25) is 5.91 Å². The van der Waals surface area contributed by atoms with E-state index in [1.54, 1.807) is 6.07 Å². The molecule has 1 aliphatic heterocycles. The summed E-state index contributed by atoms with van der Waals surface area (Å²) in [4.78, 5) is 21.8. The highest BCUT2D eigenvalue weighted by Crippen LogP contribution is 2.20. The Kier molecular flexibility index (Phi) is 4.06. The maximum Gasteiger partial charge on any atom is 0.239 e. The van der Waals surface area contributed by atoms with E-state index in [9.17, 15) is 4.79 Å². The van der Waals surface area contributed by atoms with Gasteiger partial charge in [-0.15, -0.1) is 0 Å². The summed E-state index contributed by atoms with van der Waals surface area (Å²) in [5.41, 5.74) is 0. The van der Waals surface area contributed by atoms with Crippen LogP contribution in [0.25, 0.3) is 0 Å². The van der Waals surface area contributed by atoms with Gasteiger partial charge in [0.1, 0.15) is 11.0 Å². The number of amides is 1. The number of halogens is 1. The number of hydrogen-bond acceptors (Lipinski definition) is 5. The molecule has 0 aromatic carbocycles. The molecule has 1 aliphatic rings. The number of carbonyl (C=O) groups excluding carboxylic acids is 1. The first kappa shape index (κ1) is 12.4. The van der Waals surface area contributed by atoms with E-state index in [0.29, 0.717) is 29.2 Å². The van der Waals surface area contributed by atoms with E-state index in [-0.39, 0.29) is 5.91 Å². The molecule has 0 bridgehead atoms. The van der Waals surface area contributed by atoms with Crippen molar-refractivity contribution in [2.45, 2.75) is 11.6 Å². The van der Waals surface area contributed by atoms with Crippen LogP contribution < -0.4 is 10.2 Å². The van der Waals surface area contributed by atoms with Crippen molar-refractivity contribution >= 4 is 35.1 Å². The van der Waals surface area contributed by atoms with Crippen molar-refractivity contribution in [3.05, 3.63) is 11.2 Å². The van der Waals surface area contributed by atoms with E-state index in [0.717, 1.165) is 13.0 Å². The lowest BCUT2D eigenvalue weighted by molar-refractivity contribution is -0.119. The minimum Gasteiger partial charge on any atom is -0.354 e. The maximum absolute atomic E-state index is 11.5. The van der Waals surface area contributed by atoms with E-state index in [1.807, 2.05) is 11.2 Å². The molecule has 1 saturated heterocycles. The van der Waals surface area contributed by atoms with E-state index in [2.05, 4.69) is 15.3 Å². The number of thioether (sulfide) groups is 1. The van der Waals surface area contributed by atoms with Gasteiger partial charge in [0.25, 0.3) is 0 Å². The molecule has 17 heavy (non-hydrogen) atoms. The smallest absolute Gasteiger partial charge is 0.239 e. The number of nitrogens with zero attached hydrogens (tertiary/aromatic N) is 3. The van der Waals surface area contributed by atoms with E-state index in [1.165, 1.54) is 11.8 Å². The van der Waals surface area contributed by atoms with Gasteiger partial charge in [-0.2, -0.15) is 0 Å². The van der Waals surface area contributed by atoms with Crippen molar-refractivity contribution < 1.29 is 4.79 Å². The summed E-state index contributed by atoms with van der Waals surface area (Å²) in [5, 5.41) is 3.85. The van der Waals surface area contributed by atoms with Crippen LogP contribution in [-0.2, 0) is 4.79 Å². The maximum atomic E-state index is 11.5. The summed E-state index contributed by atoms with van der Waals surface area (Å²) in [6.45, 7) is 1.82. The Morgan fingerprint density at radius 2 is 2.35 bits per heavy atom. The zero-order valence-corrected chi connectivity index (χ0v) is 11.0. The molecule has 7 heteroatoms. The predicted molar refractivity (Wildman–Crippen MR) is 68.7 cm³/mol. The van der Waals surface area contributed by atoms with Crippen LogP contribution in [0.5, 0.6) is 0 Å². The molecular weight excluding hydrogens is 260 g/mol. The monoisotopic (exact) mass is 272 g/mol. The molecule has 92 valence electrons. The van der Waals surface area contributed by atoms with E-state index >= 15 is 0 Å². The molecule has 1 aromatic rings. The minimum absolute atomic E-state index is 0.0166. The van der Waals surface area contributed by atoms with Gasteiger partial charge in [0, 0.05) is 19.2 Å². The van der Waals surface area contributed by atoms with Gasteiger partial charge < -0.3 is 10.2 Å². The zero-order chi connectivity index (χ0) is 12.3. The number of anilines is 1. The van der Waals surface area contributed by atoms with Crippen LogP contribution in [0.15, 0.2) is 11.2 Å². The highest BCUT2D eigenvalue weighted by molar-refractivity contribution is 7.98. The molecule has 2 heterocycles. The Morgan fingerprint density at radius 1 is 1.53 bits per heavy atom. The fourth-order valence-electron chi connectivity index (χ4n) is 1.64. The predicted octanol–water partition coefficient (Wildman–Crippen LogP) is 1.18. The van der Waals surface area contributed by atoms with Crippen molar-refractivity contribution in [3.63, 3.8) is 0 Å². The molecule has 5 nitrogen and oxygen atoms in total. The molecule has 0 unspecified atom stereocenters. The van der Waals surface area contributed by atoms with Crippen LogP contribution in [0.2, 0.25) is 5.15 Å². The third-order valence-electron chi connectivity index (χ3n) is 2.43. The Bertz CT molecular complexity index is 429. The number of rotatable bonds is 2. The molecule has 0 aliphatic carbocycles. The quantitative estimate of drug-likeness (QED) is 0.498. The molecular formula is C10H13ClN4OS. The second kappa shape index (κ2) is 5.55. The molecule has 1 aromatic heterocycles. The molecule has 1 N–H and O–H groups in total. The lowest BCUT2D eigenvalue weighted by atomic mass is 10.4. The van der Waals surface area contributed by atoms with Gasteiger partial charge in [0.05, 0.1) is 6.54 Å². The number of carbonyl (C=O) groups is 1. The van der Waals surface area contributed by atoms with E-state index in [4.69, 9.17) is 11.6 Å². The standard InChI is InChI=1S/C10H13ClN4OS/c1-17-10-13-7(11)5-8(14-10)15-4-2-3-12-9(16)6-15/h5H,2-4,6H2,1H3,(H,12,16). The Labute approximate surface area is 109 Å². The lowest BCUT2D eigenvalue weighted by Gasteiger charge is -2.20. The molecule has 1 amide bonds. The molecule has 1 fully saturated rings. The fourth-order valence-corrected chi connectivity index (χ4v) is 2.24. The van der Waals surface area contributed by atoms with Crippen molar-refractivity contribution in [2.75, 3.05) is 30.8 Å². The van der Waals surface area contributed by atoms with Crippen molar-refractivity contribution in [2.24, 2.45) is 0 Å². The minimum atomic E-state index is 0.0166. The van der Waals surface area contributed by atoms with Crippen LogP contribution in [0.1, 0.15) is 6.42 Å². The number of aromatic nitrogens is 2. The number of hydrogen-bond donors (Lipinski definition) is 1. The van der Waals surface area contributed by atoms with Crippen molar-refractivity contribution in [3.8, 4) is 0 Å². The number of nitrogens with one attached hydrogen (secondary N) is 1. The second-order valence-corrected chi connectivity index (χ2v) is 4.82. The van der Waals surface area contributed by atoms with Gasteiger partial charge in [-0.1, -0.05) is 23.4 Å². The summed E-state index contributed by atoms with van der Waals surface area (Å²) < 4.78 is 0. The van der Waals surface area contributed by atoms with Crippen LogP contribution in [0.3, 0.4) is 0 Å². The molecule has 0 radical (unpaired) electrons. The molecule has 2 rings (SSSR count). The van der Waals surface area contributed by atoms with Gasteiger partial charge in [0.15, 0.2) is 5.16 Å². The summed E-state index contributed by atoms with van der Waals surface area (Å²) in [6.07, 6.45) is 2.80. The molecule has 0 atom stereocenters. The van der Waals surface area contributed by atoms with Crippen LogP contribution in [0.4, 0.5) is 5.82 Å². The third kappa shape index (κ3) is 3.23. The van der Waals surface area contributed by atoms with Gasteiger partial charge >= 0.3 is 0 Å². The third-order valence-corrected chi connectivity index (χ3v) is 3.17. The normalized spacial score (nSPS) is 16.6. The molecule has 0 spiro atoms. The van der Waals surface area contributed by atoms with Crippen molar-refractivity contribution in [1.82, 2.24) is 15.3 Å². The summed E-state index contributed by atoms with van der Waals surface area (Å²) in [6, 6.07) is 1.69. The summed E-state index contributed by atoms with van der Waals surface area (Å²) in [5.74, 6) is 0.731. The van der Waals surface area contributed by atoms with Gasteiger partial charge in [-0.3, -0.25) is 4.79 Å². The average Bonchev–Trinajstić information content (AvgIpc) is 2.53. The average molecular weight is 273 g/mol. The van der Waals surface area contributed by atoms with E-state index < -0.39 is 0 Å². The first-order valence-electron chi connectivity index (χ1n) is 5.29. The summed E-state index contributed by atoms with van der Waals surface area (Å²) in [7, 11) is 0. The Hall–Kier alpha value is -1.01. The first-order chi connectivity index (χ1) is 8.19. The fraction of sp³-hybridized carbons (Fsp3) is 0.500. The zero-order valence-electron chi connectivity index (χ0n) is 9.44. The van der Waals surface area contributed by atoms with Gasteiger partial charge in [-0.05, 0) is 12.7 Å². The highest BCUT2D eigenvalue weighted by atomic mass is 35.5. The largest absolute Gasteiger partial charge is 0.354 e. The Morgan fingerprint density at radius 3 is 3.12 bits per heavy atom. The highest BCUT2D eigenvalue weighted by Gasteiger charge is 2.17. The lowest BCUT2D eigenvalue weighted by Crippen LogP contribution is -2.33.